The molecule has 178 valence electrons. The van der Waals surface area contributed by atoms with Crippen LogP contribution in [0.4, 0.5) is 5.69 Å². The summed E-state index contributed by atoms with van der Waals surface area (Å²) in [6, 6.07) is 15.0. The highest BCUT2D eigenvalue weighted by atomic mass is 16.7. The lowest BCUT2D eigenvalue weighted by atomic mass is 9.67. The van der Waals surface area contributed by atoms with Crippen LogP contribution in [0.5, 0.6) is 5.75 Å². The van der Waals surface area contributed by atoms with Gasteiger partial charge in [-0.15, -0.1) is 0 Å². The minimum atomic E-state index is -0.128. The number of benzene rings is 2. The van der Waals surface area contributed by atoms with Gasteiger partial charge in [0.2, 0.25) is 0 Å². The van der Waals surface area contributed by atoms with Crippen molar-refractivity contribution in [2.24, 2.45) is 5.92 Å². The molecule has 5 rings (SSSR count). The molecule has 1 atom stereocenters. The molecule has 0 radical (unpaired) electrons. The number of phenolic OH excluding ortho intramolecular Hbond substituents is 1. The number of nitrogens with zero attached hydrogens (tertiary/aromatic N) is 1. The average molecular weight is 452 g/mol. The molecule has 2 heterocycles. The van der Waals surface area contributed by atoms with Crippen molar-refractivity contribution in [3.8, 4) is 5.75 Å². The van der Waals surface area contributed by atoms with Crippen molar-refractivity contribution < 1.29 is 19.3 Å². The van der Waals surface area contributed by atoms with Gasteiger partial charge in [0.25, 0.3) is 0 Å². The van der Waals surface area contributed by atoms with Crippen LogP contribution in [0.15, 0.2) is 42.5 Å². The first-order valence-electron chi connectivity index (χ1n) is 12.5. The van der Waals surface area contributed by atoms with Crippen LogP contribution < -0.4 is 4.90 Å². The molecule has 0 unspecified atom stereocenters. The molecule has 1 spiro atoms. The molecule has 5 heteroatoms. The second kappa shape index (κ2) is 9.65. The molecule has 2 fully saturated rings. The lowest BCUT2D eigenvalue weighted by molar-refractivity contribution is -0.141. The Balaban J connectivity index is 1.38. The fraction of sp³-hybridized carbons (Fsp3) is 0.571. The van der Waals surface area contributed by atoms with E-state index in [0.29, 0.717) is 18.3 Å². The second-order valence-corrected chi connectivity index (χ2v) is 9.99. The van der Waals surface area contributed by atoms with E-state index in [9.17, 15) is 5.11 Å². The summed E-state index contributed by atoms with van der Waals surface area (Å²) < 4.78 is 17.6. The highest BCUT2D eigenvalue weighted by Gasteiger charge is 2.46. The Morgan fingerprint density at radius 2 is 1.67 bits per heavy atom. The Morgan fingerprint density at radius 3 is 2.33 bits per heavy atom. The number of fused-ring (bicyclic) bond motifs is 1. The number of hydrogen-bond donors (Lipinski definition) is 1. The molecule has 1 saturated carbocycles. The van der Waals surface area contributed by atoms with Crippen molar-refractivity contribution in [1.82, 2.24) is 0 Å². The normalized spacial score (nSPS) is 23.1. The molecule has 3 aliphatic rings. The molecular weight excluding hydrogens is 414 g/mol. The van der Waals surface area contributed by atoms with Crippen LogP contribution in [0.1, 0.15) is 67.6 Å². The number of hydrogen-bond acceptors (Lipinski definition) is 5. The summed E-state index contributed by atoms with van der Waals surface area (Å²) in [4.78, 5) is 2.47. The third-order valence-corrected chi connectivity index (χ3v) is 8.16. The molecule has 2 aromatic rings. The van der Waals surface area contributed by atoms with Crippen molar-refractivity contribution in [2.45, 2.75) is 69.4 Å². The topological polar surface area (TPSA) is 51.2 Å². The fourth-order valence-corrected chi connectivity index (χ4v) is 6.44. The van der Waals surface area contributed by atoms with Gasteiger partial charge < -0.3 is 24.2 Å². The smallest absolute Gasteiger partial charge is 0.159 e. The fourth-order valence-electron chi connectivity index (χ4n) is 6.44. The van der Waals surface area contributed by atoms with Crippen LogP contribution in [-0.2, 0) is 20.8 Å². The van der Waals surface area contributed by atoms with Gasteiger partial charge in [0.1, 0.15) is 5.75 Å². The van der Waals surface area contributed by atoms with Gasteiger partial charge in [0.05, 0.1) is 12.2 Å². The van der Waals surface area contributed by atoms with E-state index < -0.39 is 0 Å². The third-order valence-electron chi connectivity index (χ3n) is 8.16. The molecule has 1 aliphatic carbocycles. The molecule has 0 amide bonds. The summed E-state index contributed by atoms with van der Waals surface area (Å²) in [5.74, 6) is 0.985. The van der Waals surface area contributed by atoms with Gasteiger partial charge >= 0.3 is 0 Å². The van der Waals surface area contributed by atoms with Crippen molar-refractivity contribution in [1.29, 1.82) is 0 Å². The van der Waals surface area contributed by atoms with Crippen molar-refractivity contribution in [3.63, 3.8) is 0 Å². The zero-order valence-corrected chi connectivity index (χ0v) is 20.0. The standard InChI is InChI=1S/C28H37NO4/c1-31-27(32-2)21-12-16-29(17-13-21)23-8-6-20(7-9-23)26-25-11-10-24(30)18-22(25)19-33-28(26)14-4-3-5-15-28/h6-11,18,21,26-27,30H,3-5,12-17,19H2,1-2H3/t26-/m1/s1. The van der Waals surface area contributed by atoms with Gasteiger partial charge in [-0.1, -0.05) is 37.5 Å². The molecule has 0 aromatic heterocycles. The summed E-state index contributed by atoms with van der Waals surface area (Å²) in [7, 11) is 3.46. The minimum Gasteiger partial charge on any atom is -0.508 e. The first-order chi connectivity index (χ1) is 16.1. The quantitative estimate of drug-likeness (QED) is 0.601. The van der Waals surface area contributed by atoms with Crippen LogP contribution >= 0.6 is 0 Å². The summed E-state index contributed by atoms with van der Waals surface area (Å²) in [6.45, 7) is 2.63. The summed E-state index contributed by atoms with van der Waals surface area (Å²) in [5, 5.41) is 10.0. The van der Waals surface area contributed by atoms with E-state index in [1.165, 1.54) is 36.1 Å². The molecule has 0 bridgehead atoms. The monoisotopic (exact) mass is 451 g/mol. The maximum Gasteiger partial charge on any atom is 0.159 e. The molecule has 2 aliphatic heterocycles. The lowest BCUT2D eigenvalue weighted by Crippen LogP contribution is -2.44. The number of piperidine rings is 1. The van der Waals surface area contributed by atoms with Gasteiger partial charge in [0, 0.05) is 44.8 Å². The Hall–Kier alpha value is -2.08. The highest BCUT2D eigenvalue weighted by molar-refractivity contribution is 5.52. The van der Waals surface area contributed by atoms with E-state index in [0.717, 1.165) is 44.3 Å². The molecule has 5 nitrogen and oxygen atoms in total. The van der Waals surface area contributed by atoms with Crippen LogP contribution in [-0.4, -0.2) is 44.3 Å². The van der Waals surface area contributed by atoms with Gasteiger partial charge in [-0.2, -0.15) is 0 Å². The predicted octanol–water partition coefficient (Wildman–Crippen LogP) is 5.59. The minimum absolute atomic E-state index is 0.105. The number of methoxy groups -OCH3 is 2. The van der Waals surface area contributed by atoms with E-state index in [1.54, 1.807) is 14.2 Å². The van der Waals surface area contributed by atoms with Crippen molar-refractivity contribution in [3.05, 3.63) is 59.2 Å². The van der Waals surface area contributed by atoms with Crippen LogP contribution in [0.2, 0.25) is 0 Å². The number of aromatic hydroxyl groups is 1. The predicted molar refractivity (Wildman–Crippen MR) is 130 cm³/mol. The van der Waals surface area contributed by atoms with E-state index in [2.05, 4.69) is 35.2 Å². The number of ether oxygens (including phenoxy) is 3. The lowest BCUT2D eigenvalue weighted by Gasteiger charge is -2.47. The van der Waals surface area contributed by atoms with E-state index in [1.807, 2.05) is 12.1 Å². The summed E-state index contributed by atoms with van der Waals surface area (Å²) in [5.41, 5.74) is 4.91. The Morgan fingerprint density at radius 1 is 0.970 bits per heavy atom. The molecule has 33 heavy (non-hydrogen) atoms. The van der Waals surface area contributed by atoms with Crippen molar-refractivity contribution >= 4 is 5.69 Å². The van der Waals surface area contributed by atoms with Gasteiger partial charge in [-0.3, -0.25) is 0 Å². The Kier molecular flexibility index (Phi) is 6.64. The number of rotatable bonds is 5. The maximum absolute atomic E-state index is 10.0. The third kappa shape index (κ3) is 4.39. The van der Waals surface area contributed by atoms with E-state index in [4.69, 9.17) is 14.2 Å². The average Bonchev–Trinajstić information content (AvgIpc) is 2.86. The van der Waals surface area contributed by atoms with Crippen LogP contribution in [0, 0.1) is 5.92 Å². The van der Waals surface area contributed by atoms with Crippen LogP contribution in [0.25, 0.3) is 0 Å². The zero-order valence-electron chi connectivity index (χ0n) is 20.0. The zero-order chi connectivity index (χ0) is 22.8. The summed E-state index contributed by atoms with van der Waals surface area (Å²) in [6.07, 6.45) is 7.99. The molecule has 1 N–H and O–H groups in total. The first-order valence-corrected chi connectivity index (χ1v) is 12.5. The van der Waals surface area contributed by atoms with E-state index in [-0.39, 0.29) is 17.8 Å². The largest absolute Gasteiger partial charge is 0.508 e. The summed E-state index contributed by atoms with van der Waals surface area (Å²) >= 11 is 0. The number of anilines is 1. The molecule has 2 aromatic carbocycles. The van der Waals surface area contributed by atoms with Gasteiger partial charge in [0.15, 0.2) is 6.29 Å². The van der Waals surface area contributed by atoms with Crippen LogP contribution in [0.3, 0.4) is 0 Å². The van der Waals surface area contributed by atoms with E-state index >= 15 is 0 Å². The van der Waals surface area contributed by atoms with Crippen molar-refractivity contribution in [2.75, 3.05) is 32.2 Å². The Labute approximate surface area is 197 Å². The molecule has 1 saturated heterocycles. The first kappa shape index (κ1) is 22.7. The SMILES string of the molecule is COC(OC)C1CCN(c2ccc([C@@H]3c4ccc(O)cc4COC34CCCCC4)cc2)CC1. The van der Waals surface area contributed by atoms with Gasteiger partial charge in [-0.05, 0) is 66.6 Å². The molecular formula is C28H37NO4. The maximum atomic E-state index is 10.0. The Bertz CT molecular complexity index is 925. The highest BCUT2D eigenvalue weighted by Crippen LogP contribution is 2.51. The van der Waals surface area contributed by atoms with Gasteiger partial charge in [-0.25, -0.2) is 0 Å². The second-order valence-electron chi connectivity index (χ2n) is 9.99. The number of phenols is 1.